The van der Waals surface area contributed by atoms with Gasteiger partial charge in [0, 0.05) is 11.4 Å². The molecule has 2 atom stereocenters. The third-order valence-electron chi connectivity index (χ3n) is 3.02. The van der Waals surface area contributed by atoms with E-state index in [0.29, 0.717) is 16.9 Å². The Bertz CT molecular complexity index is 448. The number of hydrogen-bond donors (Lipinski definition) is 2. The van der Waals surface area contributed by atoms with Crippen LogP contribution in [0.3, 0.4) is 0 Å². The fraction of sp³-hybridized carbons (Fsp3) is 0.462. The Morgan fingerprint density at radius 1 is 1.44 bits per heavy atom. The maximum absolute atomic E-state index is 11.8. The van der Waals surface area contributed by atoms with Crippen molar-refractivity contribution >= 4 is 17.3 Å². The first-order valence-corrected chi connectivity index (χ1v) is 6.04. The fourth-order valence-electron chi connectivity index (χ4n) is 2.02. The number of nitrogen functional groups attached to an aromatic ring is 2. The highest BCUT2D eigenvalue weighted by atomic mass is 16.6. The van der Waals surface area contributed by atoms with Gasteiger partial charge in [-0.15, -0.1) is 0 Å². The Balaban J connectivity index is 1.91. The SMILES string of the molecule is CC1CCC(COC(=O)c2ccc(N)cc2N)O1. The van der Waals surface area contributed by atoms with Crippen molar-refractivity contribution in [3.63, 3.8) is 0 Å². The van der Waals surface area contributed by atoms with Crippen molar-refractivity contribution in [2.75, 3.05) is 18.1 Å². The molecule has 5 nitrogen and oxygen atoms in total. The lowest BCUT2D eigenvalue weighted by Gasteiger charge is -2.12. The quantitative estimate of drug-likeness (QED) is 0.628. The maximum Gasteiger partial charge on any atom is 0.340 e. The fourth-order valence-corrected chi connectivity index (χ4v) is 2.02. The molecule has 1 heterocycles. The van der Waals surface area contributed by atoms with Gasteiger partial charge in [-0.05, 0) is 38.0 Å². The molecular weight excluding hydrogens is 232 g/mol. The molecule has 0 radical (unpaired) electrons. The average Bonchev–Trinajstić information content (AvgIpc) is 2.72. The standard InChI is InChI=1S/C13H18N2O3/c1-8-2-4-10(18-8)7-17-13(16)11-5-3-9(14)6-12(11)15/h3,5-6,8,10H,2,4,7,14-15H2,1H3. The van der Waals surface area contributed by atoms with Crippen LogP contribution in [0.15, 0.2) is 18.2 Å². The van der Waals surface area contributed by atoms with E-state index in [-0.39, 0.29) is 18.8 Å². The first-order valence-electron chi connectivity index (χ1n) is 6.04. The number of hydrogen-bond acceptors (Lipinski definition) is 5. The second-order valence-electron chi connectivity index (χ2n) is 4.59. The third kappa shape index (κ3) is 2.92. The van der Waals surface area contributed by atoms with Crippen LogP contribution in [-0.4, -0.2) is 24.8 Å². The Morgan fingerprint density at radius 3 is 2.83 bits per heavy atom. The van der Waals surface area contributed by atoms with E-state index < -0.39 is 5.97 Å². The molecule has 1 fully saturated rings. The van der Waals surface area contributed by atoms with Crippen LogP contribution < -0.4 is 11.5 Å². The summed E-state index contributed by atoms with van der Waals surface area (Å²) < 4.78 is 10.8. The van der Waals surface area contributed by atoms with Crippen molar-refractivity contribution < 1.29 is 14.3 Å². The van der Waals surface area contributed by atoms with Crippen molar-refractivity contribution in [1.29, 1.82) is 0 Å². The number of nitrogens with two attached hydrogens (primary N) is 2. The van der Waals surface area contributed by atoms with E-state index in [9.17, 15) is 4.79 Å². The predicted octanol–water partition coefficient (Wildman–Crippen LogP) is 1.58. The lowest BCUT2D eigenvalue weighted by Crippen LogP contribution is -2.19. The molecule has 0 bridgehead atoms. The Morgan fingerprint density at radius 2 is 2.22 bits per heavy atom. The van der Waals surface area contributed by atoms with E-state index in [2.05, 4.69) is 0 Å². The minimum atomic E-state index is -0.435. The van der Waals surface area contributed by atoms with Crippen LogP contribution in [0.25, 0.3) is 0 Å². The molecule has 0 spiro atoms. The molecule has 4 N–H and O–H groups in total. The van der Waals surface area contributed by atoms with Crippen LogP contribution in [0.1, 0.15) is 30.1 Å². The van der Waals surface area contributed by atoms with Gasteiger partial charge in [-0.3, -0.25) is 0 Å². The van der Waals surface area contributed by atoms with E-state index in [1.807, 2.05) is 6.92 Å². The number of carbonyl (C=O) groups excluding carboxylic acids is 1. The van der Waals surface area contributed by atoms with Gasteiger partial charge in [0.2, 0.25) is 0 Å². The van der Waals surface area contributed by atoms with Crippen LogP contribution in [-0.2, 0) is 9.47 Å². The number of benzene rings is 1. The van der Waals surface area contributed by atoms with Gasteiger partial charge in [0.1, 0.15) is 6.61 Å². The molecule has 98 valence electrons. The molecular formula is C13H18N2O3. The first-order chi connectivity index (χ1) is 8.56. The zero-order valence-corrected chi connectivity index (χ0v) is 10.4. The highest BCUT2D eigenvalue weighted by molar-refractivity contribution is 5.95. The molecule has 1 aromatic rings. The van der Waals surface area contributed by atoms with Crippen LogP contribution in [0.2, 0.25) is 0 Å². The second kappa shape index (κ2) is 5.27. The minimum absolute atomic E-state index is 0.000967. The van der Waals surface area contributed by atoms with Crippen molar-refractivity contribution in [2.45, 2.75) is 32.0 Å². The lowest BCUT2D eigenvalue weighted by atomic mass is 10.1. The number of rotatable bonds is 3. The van der Waals surface area contributed by atoms with Crippen molar-refractivity contribution in [1.82, 2.24) is 0 Å². The Kier molecular flexibility index (Phi) is 3.72. The molecule has 1 aliphatic rings. The monoisotopic (exact) mass is 250 g/mol. The molecule has 0 amide bonds. The topological polar surface area (TPSA) is 87.6 Å². The van der Waals surface area contributed by atoms with Crippen molar-refractivity contribution in [3.8, 4) is 0 Å². The van der Waals surface area contributed by atoms with E-state index in [4.69, 9.17) is 20.9 Å². The number of anilines is 2. The van der Waals surface area contributed by atoms with Crippen LogP contribution in [0.5, 0.6) is 0 Å². The molecule has 0 saturated carbocycles. The number of carbonyl (C=O) groups is 1. The number of esters is 1. The lowest BCUT2D eigenvalue weighted by molar-refractivity contribution is -0.00259. The van der Waals surface area contributed by atoms with Crippen LogP contribution in [0.4, 0.5) is 11.4 Å². The van der Waals surface area contributed by atoms with Gasteiger partial charge in [-0.2, -0.15) is 0 Å². The molecule has 0 aromatic heterocycles. The third-order valence-corrected chi connectivity index (χ3v) is 3.02. The van der Waals surface area contributed by atoms with Gasteiger partial charge in [-0.25, -0.2) is 4.79 Å². The smallest absolute Gasteiger partial charge is 0.340 e. The van der Waals surface area contributed by atoms with Gasteiger partial charge < -0.3 is 20.9 Å². The minimum Gasteiger partial charge on any atom is -0.459 e. The zero-order chi connectivity index (χ0) is 13.1. The highest BCUT2D eigenvalue weighted by Crippen LogP contribution is 2.21. The second-order valence-corrected chi connectivity index (χ2v) is 4.59. The molecule has 18 heavy (non-hydrogen) atoms. The van der Waals surface area contributed by atoms with E-state index in [1.54, 1.807) is 18.2 Å². The highest BCUT2D eigenvalue weighted by Gasteiger charge is 2.23. The average molecular weight is 250 g/mol. The largest absolute Gasteiger partial charge is 0.459 e. The molecule has 2 rings (SSSR count). The summed E-state index contributed by atoms with van der Waals surface area (Å²) in [4.78, 5) is 11.8. The van der Waals surface area contributed by atoms with Crippen LogP contribution >= 0.6 is 0 Å². The molecule has 1 aromatic carbocycles. The zero-order valence-electron chi connectivity index (χ0n) is 10.4. The predicted molar refractivity (Wildman–Crippen MR) is 69.1 cm³/mol. The molecule has 2 unspecified atom stereocenters. The van der Waals surface area contributed by atoms with Crippen molar-refractivity contribution in [2.24, 2.45) is 0 Å². The summed E-state index contributed by atoms with van der Waals surface area (Å²) in [6.45, 7) is 2.28. The van der Waals surface area contributed by atoms with Crippen molar-refractivity contribution in [3.05, 3.63) is 23.8 Å². The molecule has 0 aliphatic carbocycles. The molecule has 5 heteroatoms. The summed E-state index contributed by atoms with van der Waals surface area (Å²) in [6.07, 6.45) is 2.17. The van der Waals surface area contributed by atoms with Gasteiger partial charge >= 0.3 is 5.97 Å². The summed E-state index contributed by atoms with van der Waals surface area (Å²) in [6, 6.07) is 4.75. The van der Waals surface area contributed by atoms with Gasteiger partial charge in [0.25, 0.3) is 0 Å². The van der Waals surface area contributed by atoms with Gasteiger partial charge in [-0.1, -0.05) is 0 Å². The van der Waals surface area contributed by atoms with Crippen LogP contribution in [0, 0.1) is 0 Å². The Hall–Kier alpha value is -1.75. The summed E-state index contributed by atoms with van der Waals surface area (Å²) in [7, 11) is 0. The molecule has 1 aliphatic heterocycles. The maximum atomic E-state index is 11.8. The van der Waals surface area contributed by atoms with E-state index >= 15 is 0 Å². The molecule has 1 saturated heterocycles. The summed E-state index contributed by atoms with van der Waals surface area (Å²) >= 11 is 0. The number of ether oxygens (including phenoxy) is 2. The summed E-state index contributed by atoms with van der Waals surface area (Å²) in [5.74, 6) is -0.435. The van der Waals surface area contributed by atoms with E-state index in [1.165, 1.54) is 0 Å². The summed E-state index contributed by atoms with van der Waals surface area (Å²) in [5.41, 5.74) is 12.5. The van der Waals surface area contributed by atoms with Gasteiger partial charge in [0.15, 0.2) is 0 Å². The normalized spacial score (nSPS) is 22.9. The van der Waals surface area contributed by atoms with Gasteiger partial charge in [0.05, 0.1) is 17.8 Å². The van der Waals surface area contributed by atoms with E-state index in [0.717, 1.165) is 12.8 Å². The Labute approximate surface area is 106 Å². The first kappa shape index (κ1) is 12.7. The summed E-state index contributed by atoms with van der Waals surface area (Å²) in [5, 5.41) is 0.